The first-order chi connectivity index (χ1) is 6.14. The Hall–Kier alpha value is -1.37. The molecule has 1 fully saturated rings. The highest BCUT2D eigenvalue weighted by atomic mass is 16.5. The average Bonchev–Trinajstić information content (AvgIpc) is 2.84. The lowest BCUT2D eigenvalue weighted by atomic mass is 10.0. The lowest BCUT2D eigenvalue weighted by Crippen LogP contribution is -2.19. The van der Waals surface area contributed by atoms with Crippen LogP contribution >= 0.6 is 0 Å². The van der Waals surface area contributed by atoms with Crippen LogP contribution in [0.5, 0.6) is 0 Å². The number of rotatable bonds is 4. The Morgan fingerprint density at radius 3 is 2.54 bits per heavy atom. The summed E-state index contributed by atoms with van der Waals surface area (Å²) < 4.78 is 4.61. The largest absolute Gasteiger partial charge is 0.466 e. The molecule has 0 aromatic carbocycles. The number of ketones is 1. The molecule has 0 spiro atoms. The van der Waals surface area contributed by atoms with Gasteiger partial charge in [0.05, 0.1) is 12.7 Å². The van der Waals surface area contributed by atoms with Crippen LogP contribution in [-0.2, 0) is 14.3 Å². The van der Waals surface area contributed by atoms with Crippen molar-refractivity contribution < 1.29 is 14.3 Å². The van der Waals surface area contributed by atoms with Gasteiger partial charge in [-0.3, -0.25) is 9.59 Å². The number of carbonyl (C=O) groups excluding carboxylic acids is 2. The Morgan fingerprint density at radius 1 is 1.54 bits per heavy atom. The van der Waals surface area contributed by atoms with Gasteiger partial charge in [-0.25, -0.2) is 0 Å². The molecule has 0 unspecified atom stereocenters. The van der Waals surface area contributed by atoms with Crippen LogP contribution in [0.25, 0.3) is 0 Å². The van der Waals surface area contributed by atoms with Gasteiger partial charge in [-0.1, -0.05) is 0 Å². The summed E-state index contributed by atoms with van der Waals surface area (Å²) in [6, 6.07) is 1.94. The second-order valence-electron chi connectivity index (χ2n) is 3.10. The third-order valence-corrected chi connectivity index (χ3v) is 2.11. The summed E-state index contributed by atoms with van der Waals surface area (Å²) in [5, 5.41) is 8.65. The summed E-state index contributed by atoms with van der Waals surface area (Å²) in [4.78, 5) is 22.2. The highest BCUT2D eigenvalue weighted by Crippen LogP contribution is 2.46. The molecular formula is C9H11NO3. The van der Waals surface area contributed by atoms with Crippen LogP contribution < -0.4 is 0 Å². The molecule has 0 saturated heterocycles. The second kappa shape index (κ2) is 3.56. The summed E-state index contributed by atoms with van der Waals surface area (Å²) in [6.45, 7) is 1.95. The molecule has 13 heavy (non-hydrogen) atoms. The number of hydrogen-bond donors (Lipinski definition) is 0. The number of nitriles is 1. The molecule has 0 heterocycles. The maximum atomic E-state index is 11.3. The molecule has 4 nitrogen and oxygen atoms in total. The Labute approximate surface area is 76.5 Å². The second-order valence-corrected chi connectivity index (χ2v) is 3.10. The highest BCUT2D eigenvalue weighted by molar-refractivity contribution is 6.01. The van der Waals surface area contributed by atoms with Gasteiger partial charge in [-0.2, -0.15) is 5.26 Å². The predicted molar refractivity (Wildman–Crippen MR) is 43.5 cm³/mol. The number of nitrogens with zero attached hydrogens (tertiary/aromatic N) is 1. The minimum absolute atomic E-state index is 0.263. The first-order valence-corrected chi connectivity index (χ1v) is 4.25. The monoisotopic (exact) mass is 181 g/mol. The molecule has 0 aromatic rings. The van der Waals surface area contributed by atoms with Crippen LogP contribution in [0.3, 0.4) is 0 Å². The molecule has 0 aromatic heterocycles. The fraction of sp³-hybridized carbons (Fsp3) is 0.667. The molecule has 1 rings (SSSR count). The van der Waals surface area contributed by atoms with Crippen LogP contribution in [0, 0.1) is 16.7 Å². The van der Waals surface area contributed by atoms with Crippen molar-refractivity contribution in [2.45, 2.75) is 26.2 Å². The molecule has 70 valence electrons. The van der Waals surface area contributed by atoms with E-state index in [1.54, 1.807) is 6.92 Å². The summed E-state index contributed by atoms with van der Waals surface area (Å²) in [7, 11) is 0. The number of Topliss-reactive ketones (excluding diaryl/α,β-unsaturated/α-hetero) is 1. The predicted octanol–water partition coefficient (Wildman–Crippen LogP) is 0.812. The van der Waals surface area contributed by atoms with Gasteiger partial charge in [0.1, 0.15) is 11.8 Å². The number of carbonyl (C=O) groups is 2. The summed E-state index contributed by atoms with van der Waals surface area (Å²) >= 11 is 0. The molecule has 0 atom stereocenters. The summed E-state index contributed by atoms with van der Waals surface area (Å²) in [6.07, 6.45) is 0.908. The van der Waals surface area contributed by atoms with E-state index >= 15 is 0 Å². The first-order valence-electron chi connectivity index (χ1n) is 4.25. The number of esters is 1. The van der Waals surface area contributed by atoms with E-state index in [2.05, 4.69) is 4.74 Å². The minimum atomic E-state index is -0.854. The van der Waals surface area contributed by atoms with Gasteiger partial charge >= 0.3 is 5.97 Å². The number of ether oxygens (including phenoxy) is 1. The standard InChI is InChI=1S/C9H11NO3/c1-2-13-8(12)5-7(11)9(6-10)3-4-9/h2-5H2,1H3. The summed E-state index contributed by atoms with van der Waals surface area (Å²) in [5.41, 5.74) is -0.854. The van der Waals surface area contributed by atoms with Crippen molar-refractivity contribution in [3.8, 4) is 6.07 Å². The fourth-order valence-electron chi connectivity index (χ4n) is 1.09. The van der Waals surface area contributed by atoms with E-state index in [0.29, 0.717) is 12.8 Å². The van der Waals surface area contributed by atoms with Gasteiger partial charge in [0.15, 0.2) is 5.78 Å². The maximum absolute atomic E-state index is 11.3. The Kier molecular flexibility index (Phi) is 2.66. The normalized spacial score (nSPS) is 17.2. The van der Waals surface area contributed by atoms with E-state index in [1.807, 2.05) is 6.07 Å². The Bertz CT molecular complexity index is 273. The van der Waals surface area contributed by atoms with Crippen molar-refractivity contribution >= 4 is 11.8 Å². The smallest absolute Gasteiger partial charge is 0.313 e. The van der Waals surface area contributed by atoms with Crippen molar-refractivity contribution in [2.24, 2.45) is 5.41 Å². The molecule has 1 saturated carbocycles. The van der Waals surface area contributed by atoms with E-state index in [4.69, 9.17) is 5.26 Å². The van der Waals surface area contributed by atoms with Crippen LogP contribution in [-0.4, -0.2) is 18.4 Å². The van der Waals surface area contributed by atoms with Gasteiger partial charge in [0.2, 0.25) is 0 Å². The van der Waals surface area contributed by atoms with Crippen molar-refractivity contribution in [1.29, 1.82) is 5.26 Å². The SMILES string of the molecule is CCOC(=O)CC(=O)C1(C#N)CC1. The van der Waals surface area contributed by atoms with Gasteiger partial charge in [0, 0.05) is 0 Å². The molecule has 0 radical (unpaired) electrons. The molecule has 0 aliphatic heterocycles. The van der Waals surface area contributed by atoms with E-state index in [1.165, 1.54) is 0 Å². The first kappa shape index (κ1) is 9.72. The molecule has 1 aliphatic carbocycles. The average molecular weight is 181 g/mol. The van der Waals surface area contributed by atoms with Crippen LogP contribution in [0.1, 0.15) is 26.2 Å². The maximum Gasteiger partial charge on any atom is 0.313 e. The van der Waals surface area contributed by atoms with Gasteiger partial charge < -0.3 is 4.74 Å². The summed E-state index contributed by atoms with van der Waals surface area (Å²) in [5.74, 6) is -0.831. The van der Waals surface area contributed by atoms with Crippen molar-refractivity contribution in [3.63, 3.8) is 0 Å². The van der Waals surface area contributed by atoms with Gasteiger partial charge in [-0.05, 0) is 19.8 Å². The molecular weight excluding hydrogens is 170 g/mol. The van der Waals surface area contributed by atoms with Gasteiger partial charge in [-0.15, -0.1) is 0 Å². The van der Waals surface area contributed by atoms with Gasteiger partial charge in [0.25, 0.3) is 0 Å². The Balaban J connectivity index is 2.43. The number of hydrogen-bond acceptors (Lipinski definition) is 4. The van der Waals surface area contributed by atoms with Crippen LogP contribution in [0.2, 0.25) is 0 Å². The fourth-order valence-corrected chi connectivity index (χ4v) is 1.09. The third kappa shape index (κ3) is 2.05. The molecule has 0 bridgehead atoms. The highest BCUT2D eigenvalue weighted by Gasteiger charge is 2.50. The zero-order chi connectivity index (χ0) is 9.90. The quantitative estimate of drug-likeness (QED) is 0.475. The lowest BCUT2D eigenvalue weighted by Gasteiger charge is -2.03. The van der Waals surface area contributed by atoms with Crippen LogP contribution in [0.15, 0.2) is 0 Å². The van der Waals surface area contributed by atoms with Crippen molar-refractivity contribution in [3.05, 3.63) is 0 Å². The molecule has 1 aliphatic rings. The zero-order valence-electron chi connectivity index (χ0n) is 7.50. The molecule has 0 amide bonds. The van der Waals surface area contributed by atoms with Crippen molar-refractivity contribution in [1.82, 2.24) is 0 Å². The lowest BCUT2D eigenvalue weighted by molar-refractivity contribution is -0.146. The van der Waals surface area contributed by atoms with E-state index in [9.17, 15) is 9.59 Å². The Morgan fingerprint density at radius 2 is 2.15 bits per heavy atom. The van der Waals surface area contributed by atoms with Crippen LogP contribution in [0.4, 0.5) is 0 Å². The zero-order valence-corrected chi connectivity index (χ0v) is 7.50. The van der Waals surface area contributed by atoms with Crippen molar-refractivity contribution in [2.75, 3.05) is 6.61 Å². The van der Waals surface area contributed by atoms with E-state index in [0.717, 1.165) is 0 Å². The topological polar surface area (TPSA) is 67.2 Å². The third-order valence-electron chi connectivity index (χ3n) is 2.11. The molecule has 4 heteroatoms. The van der Waals surface area contributed by atoms with E-state index in [-0.39, 0.29) is 18.8 Å². The molecule has 0 N–H and O–H groups in total. The van der Waals surface area contributed by atoms with E-state index < -0.39 is 11.4 Å². The minimum Gasteiger partial charge on any atom is -0.466 e.